The third-order valence-electron chi connectivity index (χ3n) is 3.93. The summed E-state index contributed by atoms with van der Waals surface area (Å²) in [4.78, 5) is 25.3. The van der Waals surface area contributed by atoms with Crippen molar-refractivity contribution in [3.63, 3.8) is 0 Å². The molecule has 1 rings (SSSR count). The molecular weight excluding hydrogens is 260 g/mol. The highest BCUT2D eigenvalue weighted by Crippen LogP contribution is 2.25. The summed E-state index contributed by atoms with van der Waals surface area (Å²) in [6.45, 7) is 4.56. The number of carbonyl (C=O) groups is 2. The molecule has 0 spiro atoms. The number of ether oxygens (including phenoxy) is 1. The van der Waals surface area contributed by atoms with E-state index in [9.17, 15) is 14.7 Å². The van der Waals surface area contributed by atoms with Crippen LogP contribution in [-0.2, 0) is 9.53 Å². The quantitative estimate of drug-likeness (QED) is 0.700. The minimum atomic E-state index is -0.991. The minimum Gasteiger partial charge on any atom is -0.480 e. The van der Waals surface area contributed by atoms with Crippen LogP contribution in [0, 0.1) is 0 Å². The van der Waals surface area contributed by atoms with Crippen LogP contribution >= 0.6 is 0 Å². The van der Waals surface area contributed by atoms with Crippen LogP contribution in [0.1, 0.15) is 46.0 Å². The van der Waals surface area contributed by atoms with Gasteiger partial charge in [-0.15, -0.1) is 0 Å². The molecule has 1 fully saturated rings. The molecule has 116 valence electrons. The van der Waals surface area contributed by atoms with Gasteiger partial charge in [0.1, 0.15) is 6.04 Å². The first-order valence-electron chi connectivity index (χ1n) is 7.31. The van der Waals surface area contributed by atoms with Crippen LogP contribution in [0.4, 0.5) is 4.79 Å². The number of amides is 2. The van der Waals surface area contributed by atoms with Crippen molar-refractivity contribution in [2.45, 2.75) is 64.1 Å². The number of methoxy groups -OCH3 is 1. The van der Waals surface area contributed by atoms with Crippen molar-refractivity contribution in [3.8, 4) is 0 Å². The predicted molar refractivity (Wildman–Crippen MR) is 75.7 cm³/mol. The Hall–Kier alpha value is -1.30. The summed E-state index contributed by atoms with van der Waals surface area (Å²) < 4.78 is 4.91. The SMILES string of the molecule is CCC1CCC(C)N1C(=O)NC(CCCOC)C(=O)O. The summed E-state index contributed by atoms with van der Waals surface area (Å²) in [7, 11) is 1.58. The molecule has 1 aliphatic rings. The third kappa shape index (κ3) is 4.37. The molecule has 2 amide bonds. The number of hydrogen-bond acceptors (Lipinski definition) is 3. The van der Waals surface area contributed by atoms with E-state index in [1.165, 1.54) is 0 Å². The van der Waals surface area contributed by atoms with Gasteiger partial charge in [0.15, 0.2) is 0 Å². The van der Waals surface area contributed by atoms with Crippen molar-refractivity contribution < 1.29 is 19.4 Å². The van der Waals surface area contributed by atoms with Crippen LogP contribution in [0.25, 0.3) is 0 Å². The van der Waals surface area contributed by atoms with Crippen molar-refractivity contribution in [3.05, 3.63) is 0 Å². The average Bonchev–Trinajstić information content (AvgIpc) is 2.78. The fourth-order valence-electron chi connectivity index (χ4n) is 2.75. The highest BCUT2D eigenvalue weighted by Gasteiger charge is 2.34. The molecule has 20 heavy (non-hydrogen) atoms. The number of hydrogen-bond donors (Lipinski definition) is 2. The van der Waals surface area contributed by atoms with E-state index in [0.717, 1.165) is 19.3 Å². The van der Waals surface area contributed by atoms with Gasteiger partial charge in [0, 0.05) is 25.8 Å². The monoisotopic (exact) mass is 286 g/mol. The maximum absolute atomic E-state index is 12.3. The van der Waals surface area contributed by atoms with E-state index in [-0.39, 0.29) is 18.1 Å². The lowest BCUT2D eigenvalue weighted by molar-refractivity contribution is -0.139. The topological polar surface area (TPSA) is 78.9 Å². The third-order valence-corrected chi connectivity index (χ3v) is 3.93. The molecule has 1 saturated heterocycles. The molecular formula is C14H26N2O4. The number of carboxylic acid groups (broad SMARTS) is 1. The fraction of sp³-hybridized carbons (Fsp3) is 0.857. The largest absolute Gasteiger partial charge is 0.480 e. The van der Waals surface area contributed by atoms with Gasteiger partial charge in [0.2, 0.25) is 0 Å². The van der Waals surface area contributed by atoms with Crippen LogP contribution in [0.3, 0.4) is 0 Å². The van der Waals surface area contributed by atoms with Gasteiger partial charge in [-0.1, -0.05) is 6.92 Å². The summed E-state index contributed by atoms with van der Waals surface area (Å²) in [6.07, 6.45) is 3.87. The number of carbonyl (C=O) groups excluding carboxylic acids is 1. The lowest BCUT2D eigenvalue weighted by atomic mass is 10.1. The second-order valence-electron chi connectivity index (χ2n) is 5.37. The van der Waals surface area contributed by atoms with E-state index in [2.05, 4.69) is 12.2 Å². The number of carboxylic acids is 1. The molecule has 3 atom stereocenters. The zero-order valence-corrected chi connectivity index (χ0v) is 12.6. The van der Waals surface area contributed by atoms with Crippen molar-refractivity contribution in [2.75, 3.05) is 13.7 Å². The Labute approximate surface area is 120 Å². The Kier molecular flexibility index (Phi) is 6.78. The first kappa shape index (κ1) is 16.8. The van der Waals surface area contributed by atoms with Crippen molar-refractivity contribution in [1.29, 1.82) is 0 Å². The Balaban J connectivity index is 2.58. The Morgan fingerprint density at radius 3 is 2.70 bits per heavy atom. The summed E-state index contributed by atoms with van der Waals surface area (Å²) >= 11 is 0. The van der Waals surface area contributed by atoms with E-state index in [4.69, 9.17) is 4.74 Å². The Bertz CT molecular complexity index is 335. The second-order valence-corrected chi connectivity index (χ2v) is 5.37. The number of aliphatic carboxylic acids is 1. The van der Waals surface area contributed by atoms with Gasteiger partial charge >= 0.3 is 12.0 Å². The summed E-state index contributed by atoms with van der Waals surface area (Å²) in [5, 5.41) is 11.8. The molecule has 1 aliphatic heterocycles. The highest BCUT2D eigenvalue weighted by molar-refractivity contribution is 5.83. The first-order valence-corrected chi connectivity index (χ1v) is 7.31. The molecule has 0 radical (unpaired) electrons. The van der Waals surface area contributed by atoms with Crippen molar-refractivity contribution in [1.82, 2.24) is 10.2 Å². The number of urea groups is 1. The molecule has 0 aliphatic carbocycles. The zero-order chi connectivity index (χ0) is 15.1. The summed E-state index contributed by atoms with van der Waals surface area (Å²) in [6, 6.07) is -0.707. The number of likely N-dealkylation sites (tertiary alicyclic amines) is 1. The van der Waals surface area contributed by atoms with E-state index in [0.29, 0.717) is 19.4 Å². The molecule has 0 aromatic carbocycles. The maximum Gasteiger partial charge on any atom is 0.326 e. The first-order chi connectivity index (χ1) is 9.51. The van der Waals surface area contributed by atoms with Crippen LogP contribution < -0.4 is 5.32 Å². The molecule has 0 aromatic heterocycles. The lowest BCUT2D eigenvalue weighted by Crippen LogP contribution is -2.51. The molecule has 1 heterocycles. The molecule has 6 nitrogen and oxygen atoms in total. The molecule has 0 saturated carbocycles. The van der Waals surface area contributed by atoms with E-state index < -0.39 is 12.0 Å². The van der Waals surface area contributed by atoms with Crippen molar-refractivity contribution in [2.24, 2.45) is 0 Å². The average molecular weight is 286 g/mol. The van der Waals surface area contributed by atoms with Gasteiger partial charge in [-0.2, -0.15) is 0 Å². The maximum atomic E-state index is 12.3. The normalized spacial score (nSPS) is 23.6. The summed E-state index contributed by atoms with van der Waals surface area (Å²) in [5.74, 6) is -0.991. The van der Waals surface area contributed by atoms with Crippen LogP contribution in [0.5, 0.6) is 0 Å². The predicted octanol–water partition coefficient (Wildman–Crippen LogP) is 1.84. The Morgan fingerprint density at radius 2 is 2.15 bits per heavy atom. The van der Waals surface area contributed by atoms with Crippen LogP contribution in [-0.4, -0.2) is 53.8 Å². The van der Waals surface area contributed by atoms with Gasteiger partial charge in [0.25, 0.3) is 0 Å². The zero-order valence-electron chi connectivity index (χ0n) is 12.6. The van der Waals surface area contributed by atoms with Gasteiger partial charge in [-0.25, -0.2) is 9.59 Å². The molecule has 6 heteroatoms. The fourth-order valence-corrected chi connectivity index (χ4v) is 2.75. The van der Waals surface area contributed by atoms with Crippen LogP contribution in [0.2, 0.25) is 0 Å². The number of rotatable bonds is 7. The molecule has 0 aromatic rings. The van der Waals surface area contributed by atoms with Gasteiger partial charge in [-0.05, 0) is 39.0 Å². The van der Waals surface area contributed by atoms with Crippen molar-refractivity contribution >= 4 is 12.0 Å². The van der Waals surface area contributed by atoms with E-state index >= 15 is 0 Å². The molecule has 3 unspecified atom stereocenters. The molecule has 2 N–H and O–H groups in total. The number of nitrogens with one attached hydrogen (secondary N) is 1. The summed E-state index contributed by atoms with van der Waals surface area (Å²) in [5.41, 5.74) is 0. The lowest BCUT2D eigenvalue weighted by Gasteiger charge is -2.29. The van der Waals surface area contributed by atoms with Crippen LogP contribution in [0.15, 0.2) is 0 Å². The van der Waals surface area contributed by atoms with E-state index in [1.807, 2.05) is 6.92 Å². The Morgan fingerprint density at radius 1 is 1.45 bits per heavy atom. The van der Waals surface area contributed by atoms with E-state index in [1.54, 1.807) is 12.0 Å². The standard InChI is InChI=1S/C14H26N2O4/c1-4-11-8-7-10(2)16(11)14(19)15-12(13(17)18)6-5-9-20-3/h10-12H,4-9H2,1-3H3,(H,15,19)(H,17,18). The second kappa shape index (κ2) is 8.09. The highest BCUT2D eigenvalue weighted by atomic mass is 16.5. The van der Waals surface area contributed by atoms with Gasteiger partial charge in [-0.3, -0.25) is 0 Å². The minimum absolute atomic E-state index is 0.174. The van der Waals surface area contributed by atoms with Gasteiger partial charge in [0.05, 0.1) is 0 Å². The smallest absolute Gasteiger partial charge is 0.326 e. The molecule has 0 bridgehead atoms. The van der Waals surface area contributed by atoms with Gasteiger partial charge < -0.3 is 20.1 Å². The number of nitrogens with zero attached hydrogens (tertiary/aromatic N) is 1.